The quantitative estimate of drug-likeness (QED) is 0.173. The molecular weight excluding hydrogens is 625 g/mol. The Kier molecular flexibility index (Phi) is 10.0. The molecule has 0 bridgehead atoms. The molecular formula is C25H19BrClF7N2O3. The van der Waals surface area contributed by atoms with Gasteiger partial charge in [0, 0.05) is 15.6 Å². The van der Waals surface area contributed by atoms with Crippen LogP contribution in [0.15, 0.2) is 71.3 Å². The van der Waals surface area contributed by atoms with Crippen LogP contribution >= 0.6 is 27.5 Å². The van der Waals surface area contributed by atoms with Gasteiger partial charge in [0.05, 0.1) is 29.1 Å². The van der Waals surface area contributed by atoms with Crippen LogP contribution in [-0.2, 0) is 10.5 Å². The summed E-state index contributed by atoms with van der Waals surface area (Å²) in [6.07, 6.45) is -6.77. The van der Waals surface area contributed by atoms with Crippen molar-refractivity contribution in [3.8, 4) is 5.75 Å². The maximum Gasteiger partial charge on any atom is 0.435 e. The highest BCUT2D eigenvalue weighted by atomic mass is 79.9. The zero-order valence-electron chi connectivity index (χ0n) is 20.0. The predicted molar refractivity (Wildman–Crippen MR) is 137 cm³/mol. The van der Waals surface area contributed by atoms with E-state index >= 15 is 0 Å². The lowest BCUT2D eigenvalue weighted by Gasteiger charge is -2.30. The number of carbonyl (C=O) groups is 2. The smallest absolute Gasteiger partial charge is 0.435 e. The zero-order valence-corrected chi connectivity index (χ0v) is 22.4. The van der Waals surface area contributed by atoms with Crippen LogP contribution in [0.1, 0.15) is 22.8 Å². The zero-order chi connectivity index (χ0) is 29.8. The van der Waals surface area contributed by atoms with Crippen molar-refractivity contribution in [3.63, 3.8) is 0 Å². The third kappa shape index (κ3) is 6.64. The first-order valence-corrected chi connectivity index (χ1v) is 11.8. The third-order valence-corrected chi connectivity index (χ3v) is 6.00. The Labute approximate surface area is 231 Å². The lowest BCUT2D eigenvalue weighted by Crippen LogP contribution is -2.50. The average Bonchev–Trinajstić information content (AvgIpc) is 2.83. The minimum absolute atomic E-state index is 0.0627. The Morgan fingerprint density at radius 3 is 2.15 bits per heavy atom. The van der Waals surface area contributed by atoms with Crippen molar-refractivity contribution < 1.29 is 45.1 Å². The molecule has 39 heavy (non-hydrogen) atoms. The number of hydrogen-bond donors (Lipinski definition) is 2. The van der Waals surface area contributed by atoms with E-state index in [1.807, 2.05) is 0 Å². The molecule has 2 N–H and O–H groups in total. The fourth-order valence-electron chi connectivity index (χ4n) is 3.30. The van der Waals surface area contributed by atoms with E-state index in [9.17, 15) is 40.3 Å². The fraction of sp³-hybridized carbons (Fsp3) is 0.200. The van der Waals surface area contributed by atoms with Crippen LogP contribution in [0.3, 0.4) is 0 Å². The summed E-state index contributed by atoms with van der Waals surface area (Å²) in [6, 6.07) is 4.40. The van der Waals surface area contributed by atoms with Gasteiger partial charge in [-0.25, -0.2) is 4.39 Å². The molecule has 0 radical (unpaired) electrons. The fourth-order valence-corrected chi connectivity index (χ4v) is 4.24. The van der Waals surface area contributed by atoms with Crippen LogP contribution in [0.25, 0.3) is 0 Å². The summed E-state index contributed by atoms with van der Waals surface area (Å²) in [7, 11) is 1.20. The first-order chi connectivity index (χ1) is 18.0. The van der Waals surface area contributed by atoms with Crippen LogP contribution in [0.5, 0.6) is 5.75 Å². The molecule has 2 aromatic carbocycles. The number of anilines is 2. The highest BCUT2D eigenvalue weighted by Crippen LogP contribution is 2.54. The second-order valence-corrected chi connectivity index (χ2v) is 8.88. The van der Waals surface area contributed by atoms with E-state index in [1.54, 1.807) is 13.0 Å². The van der Waals surface area contributed by atoms with Gasteiger partial charge in [-0.3, -0.25) is 9.59 Å². The molecule has 0 unspecified atom stereocenters. The molecule has 2 rings (SSSR count). The van der Waals surface area contributed by atoms with Crippen molar-refractivity contribution in [2.45, 2.75) is 24.9 Å². The highest BCUT2D eigenvalue weighted by Gasteiger charge is 2.73. The van der Waals surface area contributed by atoms with Crippen molar-refractivity contribution in [2.24, 2.45) is 0 Å². The molecule has 14 heteroatoms. The summed E-state index contributed by atoms with van der Waals surface area (Å²) in [5, 5.41) is 3.98. The molecule has 0 saturated carbocycles. The van der Waals surface area contributed by atoms with Crippen LogP contribution in [0.2, 0.25) is 5.02 Å². The lowest BCUT2D eigenvalue weighted by atomic mass is 9.94. The van der Waals surface area contributed by atoms with Crippen LogP contribution in [-0.4, -0.2) is 31.3 Å². The van der Waals surface area contributed by atoms with E-state index < -0.39 is 50.6 Å². The summed E-state index contributed by atoms with van der Waals surface area (Å²) >= 11 is 8.63. The summed E-state index contributed by atoms with van der Waals surface area (Å²) < 4.78 is 98.1. The molecule has 0 saturated heterocycles. The van der Waals surface area contributed by atoms with Gasteiger partial charge in [-0.2, -0.15) is 26.3 Å². The summed E-state index contributed by atoms with van der Waals surface area (Å²) in [6.45, 7) is 5.21. The van der Waals surface area contributed by atoms with Gasteiger partial charge in [0.2, 0.25) is 0 Å². The number of halogens is 9. The van der Waals surface area contributed by atoms with E-state index in [-0.39, 0.29) is 34.7 Å². The van der Waals surface area contributed by atoms with Gasteiger partial charge in [-0.15, -0.1) is 0 Å². The molecule has 0 heterocycles. The molecule has 0 atom stereocenters. The minimum atomic E-state index is -6.36. The lowest BCUT2D eigenvalue weighted by molar-refractivity contribution is -0.348. The second-order valence-electron chi connectivity index (χ2n) is 7.62. The molecule has 2 amide bonds. The van der Waals surface area contributed by atoms with Gasteiger partial charge in [-0.1, -0.05) is 48.6 Å². The summed E-state index contributed by atoms with van der Waals surface area (Å²) in [5.41, 5.74) is -7.92. The van der Waals surface area contributed by atoms with Gasteiger partial charge in [0.15, 0.2) is 5.75 Å². The second kappa shape index (κ2) is 12.2. The number of benzene rings is 2. The normalized spacial score (nSPS) is 12.8. The molecule has 0 fully saturated rings. The molecule has 0 aliphatic heterocycles. The van der Waals surface area contributed by atoms with E-state index in [0.29, 0.717) is 0 Å². The van der Waals surface area contributed by atoms with Crippen molar-refractivity contribution in [1.82, 2.24) is 0 Å². The van der Waals surface area contributed by atoms with Crippen molar-refractivity contribution in [2.75, 3.05) is 17.7 Å². The van der Waals surface area contributed by atoms with Crippen molar-refractivity contribution >= 4 is 50.7 Å². The van der Waals surface area contributed by atoms with Crippen LogP contribution in [0.4, 0.5) is 42.1 Å². The summed E-state index contributed by atoms with van der Waals surface area (Å²) in [5.74, 6) is -1.66. The Morgan fingerprint density at radius 1 is 1.05 bits per heavy atom. The molecule has 210 valence electrons. The highest BCUT2D eigenvalue weighted by molar-refractivity contribution is 9.10. The maximum absolute atomic E-state index is 14.5. The van der Waals surface area contributed by atoms with E-state index in [4.69, 9.17) is 16.3 Å². The molecule has 0 spiro atoms. The summed E-state index contributed by atoms with van der Waals surface area (Å²) in [4.78, 5) is 25.6. The van der Waals surface area contributed by atoms with Crippen molar-refractivity contribution in [3.05, 3.63) is 87.4 Å². The number of methoxy groups -OCH3 is 1. The number of hydrogen-bond acceptors (Lipinski definition) is 3. The molecule has 2 aromatic rings. The van der Waals surface area contributed by atoms with Crippen LogP contribution < -0.4 is 15.4 Å². The number of ether oxygens (including phenoxy) is 1. The van der Waals surface area contributed by atoms with Gasteiger partial charge in [0.25, 0.3) is 11.8 Å². The number of nitrogens with one attached hydrogen (secondary N) is 2. The monoisotopic (exact) mass is 642 g/mol. The number of allylic oxidation sites excluding steroid dienone is 3. The Morgan fingerprint density at radius 2 is 1.67 bits per heavy atom. The topological polar surface area (TPSA) is 67.4 Å². The van der Waals surface area contributed by atoms with Gasteiger partial charge < -0.3 is 15.4 Å². The number of carbonyl (C=O) groups excluding carboxylic acids is 2. The Balaban J connectivity index is 2.49. The van der Waals surface area contributed by atoms with Gasteiger partial charge >= 0.3 is 18.0 Å². The number of alkyl halides is 7. The first kappa shape index (κ1) is 31.9. The largest absolute Gasteiger partial charge is 0.494 e. The molecule has 0 aromatic heterocycles. The van der Waals surface area contributed by atoms with Gasteiger partial charge in [-0.05, 0) is 47.1 Å². The Hall–Kier alpha value is -3.32. The van der Waals surface area contributed by atoms with Crippen molar-refractivity contribution in [1.29, 1.82) is 0 Å². The Bertz CT molecular complexity index is 1300. The molecule has 5 nitrogen and oxygen atoms in total. The maximum atomic E-state index is 14.5. The minimum Gasteiger partial charge on any atom is -0.494 e. The third-order valence-electron chi connectivity index (χ3n) is 5.08. The van der Waals surface area contributed by atoms with E-state index in [2.05, 4.69) is 33.1 Å². The van der Waals surface area contributed by atoms with Gasteiger partial charge in [0.1, 0.15) is 0 Å². The average molecular weight is 644 g/mol. The SMILES string of the molecule is C=C/C=C(\C=C/C)C(=O)Nc1cccc(C(=O)Nc2c(Cl)cc(C(F)(C(F)(F)F)C(F)(F)F)cc2Br)c1OC. The number of rotatable bonds is 8. The number of para-hydroxylation sites is 1. The standard InChI is InChI=1S/C25H19BrClF7N2O3/c1-4-7-13(8-5-2)21(37)35-18-10-6-9-15(20(18)39-3)22(38)36-19-16(26)11-14(12-17(19)27)23(28,24(29,30)31)25(32,33)34/h4-12H,1H2,2-3H3,(H,35,37)(H,36,38)/b8-5-,13-7+. The molecule has 0 aliphatic rings. The molecule has 0 aliphatic carbocycles. The number of amides is 2. The van der Waals surface area contributed by atoms with E-state index in [0.717, 1.165) is 0 Å². The van der Waals surface area contributed by atoms with E-state index in [1.165, 1.54) is 43.5 Å². The first-order valence-electron chi connectivity index (χ1n) is 10.6. The van der Waals surface area contributed by atoms with Crippen LogP contribution in [0, 0.1) is 0 Å². The predicted octanol–water partition coefficient (Wildman–Crippen LogP) is 8.28.